The van der Waals surface area contributed by atoms with Gasteiger partial charge in [0.05, 0.1) is 17.6 Å². The van der Waals surface area contributed by atoms with Gasteiger partial charge < -0.3 is 4.90 Å². The van der Waals surface area contributed by atoms with Gasteiger partial charge in [-0.15, -0.1) is 5.10 Å². The first-order valence-corrected chi connectivity index (χ1v) is 9.53. The summed E-state index contributed by atoms with van der Waals surface area (Å²) in [6.45, 7) is 2.51. The van der Waals surface area contributed by atoms with Crippen molar-refractivity contribution in [2.75, 3.05) is 19.6 Å². The molecule has 0 saturated carbocycles. The zero-order valence-corrected chi connectivity index (χ0v) is 15.7. The molecule has 152 valence electrons. The van der Waals surface area contributed by atoms with Crippen molar-refractivity contribution in [1.29, 1.82) is 0 Å². The van der Waals surface area contributed by atoms with E-state index in [4.69, 9.17) is 0 Å². The Labute approximate surface area is 165 Å². The maximum absolute atomic E-state index is 13.4. The summed E-state index contributed by atoms with van der Waals surface area (Å²) in [6, 6.07) is 7.64. The van der Waals surface area contributed by atoms with E-state index in [9.17, 15) is 17.6 Å². The van der Waals surface area contributed by atoms with Crippen LogP contribution < -0.4 is 0 Å². The van der Waals surface area contributed by atoms with Crippen molar-refractivity contribution >= 4 is 0 Å². The number of hydrogen-bond acceptors (Lipinski definition) is 3. The third-order valence-corrected chi connectivity index (χ3v) is 5.39. The molecule has 1 aliphatic heterocycles. The lowest BCUT2D eigenvalue weighted by Crippen LogP contribution is -2.34. The molecule has 0 N–H and O–H groups in total. The molecule has 0 radical (unpaired) electrons. The summed E-state index contributed by atoms with van der Waals surface area (Å²) in [7, 11) is 0. The maximum atomic E-state index is 13.4. The van der Waals surface area contributed by atoms with Gasteiger partial charge in [-0.1, -0.05) is 11.3 Å². The topological polar surface area (TPSA) is 34.0 Å². The number of piperidine rings is 1. The second-order valence-corrected chi connectivity index (χ2v) is 7.30. The normalized spacial score (nSPS) is 15.7. The monoisotopic (exact) mass is 404 g/mol. The highest BCUT2D eigenvalue weighted by Gasteiger charge is 2.23. The minimum Gasteiger partial charge on any atom is -0.303 e. The molecular formula is C21H20F4N4. The number of aromatic nitrogens is 3. The second kappa shape index (κ2) is 8.32. The lowest BCUT2D eigenvalue weighted by molar-refractivity contribution is 0.213. The summed E-state index contributed by atoms with van der Waals surface area (Å²) in [5.74, 6) is -3.22. The van der Waals surface area contributed by atoms with Crippen molar-refractivity contribution in [2.24, 2.45) is 0 Å². The van der Waals surface area contributed by atoms with Crippen LogP contribution in [0.2, 0.25) is 0 Å². The Morgan fingerprint density at radius 3 is 2.24 bits per heavy atom. The molecule has 0 bridgehead atoms. The molecule has 4 rings (SSSR count). The van der Waals surface area contributed by atoms with Crippen molar-refractivity contribution in [3.8, 4) is 5.69 Å². The van der Waals surface area contributed by atoms with Crippen LogP contribution in [-0.2, 0) is 6.42 Å². The third kappa shape index (κ3) is 4.48. The zero-order valence-electron chi connectivity index (χ0n) is 15.7. The molecule has 1 fully saturated rings. The number of rotatable bonds is 5. The van der Waals surface area contributed by atoms with Gasteiger partial charge in [0.25, 0.3) is 0 Å². The quantitative estimate of drug-likeness (QED) is 0.597. The van der Waals surface area contributed by atoms with Gasteiger partial charge in [0.1, 0.15) is 0 Å². The second-order valence-electron chi connectivity index (χ2n) is 7.30. The van der Waals surface area contributed by atoms with Crippen molar-refractivity contribution < 1.29 is 17.6 Å². The van der Waals surface area contributed by atoms with Crippen molar-refractivity contribution in [3.63, 3.8) is 0 Å². The van der Waals surface area contributed by atoms with E-state index in [-0.39, 0.29) is 5.92 Å². The minimum absolute atomic E-state index is 0.244. The van der Waals surface area contributed by atoms with Gasteiger partial charge in [-0.05, 0) is 62.2 Å². The van der Waals surface area contributed by atoms with E-state index in [1.165, 1.54) is 16.8 Å². The van der Waals surface area contributed by atoms with Gasteiger partial charge in [-0.3, -0.25) is 0 Å². The van der Waals surface area contributed by atoms with E-state index in [1.807, 2.05) is 0 Å². The average molecular weight is 404 g/mol. The van der Waals surface area contributed by atoms with Crippen molar-refractivity contribution in [3.05, 3.63) is 77.1 Å². The van der Waals surface area contributed by atoms with Gasteiger partial charge in [0.2, 0.25) is 0 Å². The third-order valence-electron chi connectivity index (χ3n) is 5.39. The van der Waals surface area contributed by atoms with Gasteiger partial charge in [-0.2, -0.15) is 0 Å². The molecule has 8 heteroatoms. The number of halogens is 4. The van der Waals surface area contributed by atoms with Crippen LogP contribution in [0.5, 0.6) is 0 Å². The summed E-state index contributed by atoms with van der Waals surface area (Å²) >= 11 is 0. The van der Waals surface area contributed by atoms with Gasteiger partial charge >= 0.3 is 0 Å². The first-order valence-electron chi connectivity index (χ1n) is 9.53. The number of nitrogens with zero attached hydrogens (tertiary/aromatic N) is 4. The lowest BCUT2D eigenvalue weighted by Gasteiger charge is -2.31. The highest BCUT2D eigenvalue weighted by atomic mass is 19.2. The smallest absolute Gasteiger partial charge is 0.160 e. The van der Waals surface area contributed by atoms with Crippen LogP contribution in [0, 0.1) is 23.3 Å². The molecule has 0 aliphatic carbocycles. The molecule has 4 nitrogen and oxygen atoms in total. The summed E-state index contributed by atoms with van der Waals surface area (Å²) in [6.07, 6.45) is 4.21. The molecule has 29 heavy (non-hydrogen) atoms. The highest BCUT2D eigenvalue weighted by molar-refractivity contribution is 5.32. The Morgan fingerprint density at radius 1 is 0.862 bits per heavy atom. The fourth-order valence-corrected chi connectivity index (χ4v) is 3.65. The van der Waals surface area contributed by atoms with Crippen LogP contribution in [0.15, 0.2) is 42.6 Å². The predicted octanol–water partition coefficient (Wildman–Crippen LogP) is 4.25. The molecule has 1 aromatic heterocycles. The van der Waals surface area contributed by atoms with Crippen molar-refractivity contribution in [2.45, 2.75) is 25.2 Å². The largest absolute Gasteiger partial charge is 0.303 e. The Balaban J connectivity index is 1.32. The molecular weight excluding hydrogens is 384 g/mol. The first-order chi connectivity index (χ1) is 14.0. The summed E-state index contributed by atoms with van der Waals surface area (Å²) in [5, 5.41) is 8.25. The summed E-state index contributed by atoms with van der Waals surface area (Å²) in [4.78, 5) is 2.29. The number of likely N-dealkylation sites (tertiary alicyclic amines) is 1. The van der Waals surface area contributed by atoms with E-state index >= 15 is 0 Å². The molecule has 2 aromatic carbocycles. The molecule has 1 saturated heterocycles. The van der Waals surface area contributed by atoms with Gasteiger partial charge in [-0.25, -0.2) is 22.2 Å². The lowest BCUT2D eigenvalue weighted by atomic mass is 9.94. The van der Waals surface area contributed by atoms with Crippen LogP contribution in [0.3, 0.4) is 0 Å². The zero-order chi connectivity index (χ0) is 20.4. The summed E-state index contributed by atoms with van der Waals surface area (Å²) in [5.41, 5.74) is 2.03. The predicted molar refractivity (Wildman–Crippen MR) is 99.8 cm³/mol. The van der Waals surface area contributed by atoms with E-state index in [0.717, 1.165) is 61.9 Å². The van der Waals surface area contributed by atoms with Crippen LogP contribution in [0.4, 0.5) is 17.6 Å². The summed E-state index contributed by atoms with van der Waals surface area (Å²) < 4.78 is 54.3. The van der Waals surface area contributed by atoms with Crippen LogP contribution in [-0.4, -0.2) is 39.5 Å². The fourth-order valence-electron chi connectivity index (χ4n) is 3.65. The number of benzene rings is 2. The molecule has 0 amide bonds. The van der Waals surface area contributed by atoms with Crippen LogP contribution >= 0.6 is 0 Å². The molecule has 0 unspecified atom stereocenters. The first kappa shape index (κ1) is 19.6. The van der Waals surface area contributed by atoms with E-state index in [1.54, 1.807) is 12.3 Å². The Hall–Kier alpha value is -2.74. The van der Waals surface area contributed by atoms with Crippen LogP contribution in [0.25, 0.3) is 5.69 Å². The van der Waals surface area contributed by atoms with E-state index in [2.05, 4.69) is 15.2 Å². The molecule has 2 heterocycles. The minimum atomic E-state index is -0.922. The molecule has 3 aromatic rings. The van der Waals surface area contributed by atoms with Crippen molar-refractivity contribution in [1.82, 2.24) is 19.9 Å². The maximum Gasteiger partial charge on any atom is 0.160 e. The van der Waals surface area contributed by atoms with Crippen LogP contribution in [0.1, 0.15) is 30.0 Å². The molecule has 0 atom stereocenters. The van der Waals surface area contributed by atoms with E-state index in [0.29, 0.717) is 12.1 Å². The van der Waals surface area contributed by atoms with Gasteiger partial charge in [0.15, 0.2) is 23.3 Å². The van der Waals surface area contributed by atoms with Gasteiger partial charge in [0, 0.05) is 18.5 Å². The Bertz CT molecular complexity index is 996. The highest BCUT2D eigenvalue weighted by Crippen LogP contribution is 2.27. The average Bonchev–Trinajstić information content (AvgIpc) is 3.21. The standard InChI is InChI=1S/C21H20F4N4/c22-17-3-1-14(11-19(17)24)5-8-28-9-6-15(7-10-28)21-13-29(27-26-21)16-2-4-18(23)20(25)12-16/h1-4,11-13,15H,5-10H2. The molecule has 0 spiro atoms. The number of hydrogen-bond donors (Lipinski definition) is 0. The molecule has 1 aliphatic rings. The Morgan fingerprint density at radius 2 is 1.55 bits per heavy atom. The van der Waals surface area contributed by atoms with E-state index < -0.39 is 23.3 Å². The fraction of sp³-hybridized carbons (Fsp3) is 0.333. The SMILES string of the molecule is Fc1ccc(CCN2CCC(c3cn(-c4ccc(F)c(F)c4)nn3)CC2)cc1F. The Kier molecular flexibility index (Phi) is 5.62.